The van der Waals surface area contributed by atoms with Crippen molar-refractivity contribution in [2.75, 3.05) is 5.32 Å². The summed E-state index contributed by atoms with van der Waals surface area (Å²) in [4.78, 5) is 30.9. The van der Waals surface area contributed by atoms with Crippen molar-refractivity contribution < 1.29 is 4.79 Å². The molecule has 168 valence electrons. The van der Waals surface area contributed by atoms with Gasteiger partial charge < -0.3 is 5.32 Å². The number of fused-ring (bicyclic) bond motifs is 1. The SMILES string of the molecule is Cc1ccc(NC(=O)Cn2cnc3scc(-c4ccc(-c5ccccc5)cc4)c3c2=O)cc1Cl. The van der Waals surface area contributed by atoms with Gasteiger partial charge in [0.1, 0.15) is 11.4 Å². The number of carbonyl (C=O) groups is 1. The van der Waals surface area contributed by atoms with E-state index in [4.69, 9.17) is 11.6 Å². The summed E-state index contributed by atoms with van der Waals surface area (Å²) in [5.74, 6) is -0.327. The van der Waals surface area contributed by atoms with Crippen LogP contribution < -0.4 is 10.9 Å². The normalized spacial score (nSPS) is 11.0. The highest BCUT2D eigenvalue weighted by molar-refractivity contribution is 7.17. The van der Waals surface area contributed by atoms with Crippen LogP contribution >= 0.6 is 22.9 Å². The van der Waals surface area contributed by atoms with Crippen LogP contribution in [0.5, 0.6) is 0 Å². The maximum absolute atomic E-state index is 13.3. The number of benzene rings is 3. The molecule has 2 aromatic heterocycles. The largest absolute Gasteiger partial charge is 0.324 e. The van der Waals surface area contributed by atoms with Gasteiger partial charge in [-0.3, -0.25) is 14.2 Å². The van der Waals surface area contributed by atoms with E-state index in [2.05, 4.69) is 22.4 Å². The summed E-state index contributed by atoms with van der Waals surface area (Å²) >= 11 is 7.56. The molecule has 0 aliphatic rings. The van der Waals surface area contributed by atoms with Gasteiger partial charge >= 0.3 is 0 Å². The number of hydrogen-bond acceptors (Lipinski definition) is 4. The maximum atomic E-state index is 13.3. The predicted molar refractivity (Wildman–Crippen MR) is 140 cm³/mol. The minimum atomic E-state index is -0.327. The number of amides is 1. The zero-order valence-electron chi connectivity index (χ0n) is 18.3. The molecule has 0 atom stereocenters. The highest BCUT2D eigenvalue weighted by Gasteiger charge is 2.15. The fourth-order valence-electron chi connectivity index (χ4n) is 3.79. The monoisotopic (exact) mass is 485 g/mol. The zero-order valence-corrected chi connectivity index (χ0v) is 19.9. The van der Waals surface area contributed by atoms with Crippen molar-refractivity contribution in [3.05, 3.63) is 105 Å². The second-order valence-electron chi connectivity index (χ2n) is 7.96. The molecule has 5 nitrogen and oxygen atoms in total. The Morgan fingerprint density at radius 1 is 1.00 bits per heavy atom. The van der Waals surface area contributed by atoms with E-state index in [-0.39, 0.29) is 18.0 Å². The van der Waals surface area contributed by atoms with Crippen LogP contribution in [0.2, 0.25) is 5.02 Å². The summed E-state index contributed by atoms with van der Waals surface area (Å²) < 4.78 is 1.34. The highest BCUT2D eigenvalue weighted by Crippen LogP contribution is 2.32. The number of nitrogens with zero attached hydrogens (tertiary/aromatic N) is 2. The fraction of sp³-hybridized carbons (Fsp3) is 0.0741. The first-order chi connectivity index (χ1) is 16.5. The third kappa shape index (κ3) is 4.38. The molecule has 0 saturated heterocycles. The number of aromatic nitrogens is 2. The van der Waals surface area contributed by atoms with Crippen LogP contribution in [-0.2, 0) is 11.3 Å². The maximum Gasteiger partial charge on any atom is 0.263 e. The number of aryl methyl sites for hydroxylation is 1. The van der Waals surface area contributed by atoms with Crippen molar-refractivity contribution in [1.29, 1.82) is 0 Å². The van der Waals surface area contributed by atoms with E-state index >= 15 is 0 Å². The van der Waals surface area contributed by atoms with Gasteiger partial charge in [-0.1, -0.05) is 72.3 Å². The Balaban J connectivity index is 1.43. The lowest BCUT2D eigenvalue weighted by molar-refractivity contribution is -0.116. The van der Waals surface area contributed by atoms with Crippen LogP contribution in [0, 0.1) is 6.92 Å². The highest BCUT2D eigenvalue weighted by atomic mass is 35.5. The molecule has 1 N–H and O–H groups in total. The van der Waals surface area contributed by atoms with Crippen LogP contribution in [0.3, 0.4) is 0 Å². The molecule has 5 rings (SSSR count). The Morgan fingerprint density at radius 2 is 1.71 bits per heavy atom. The lowest BCUT2D eigenvalue weighted by atomic mass is 10.0. The summed E-state index contributed by atoms with van der Waals surface area (Å²) in [5, 5.41) is 5.82. The summed E-state index contributed by atoms with van der Waals surface area (Å²) in [7, 11) is 0. The average molecular weight is 486 g/mol. The number of rotatable bonds is 5. The Hall–Kier alpha value is -3.74. The predicted octanol–water partition coefficient (Wildman–Crippen LogP) is 6.39. The van der Waals surface area contributed by atoms with E-state index in [1.54, 1.807) is 12.1 Å². The van der Waals surface area contributed by atoms with Crippen LogP contribution in [0.4, 0.5) is 5.69 Å². The van der Waals surface area contributed by atoms with Crippen molar-refractivity contribution in [3.63, 3.8) is 0 Å². The van der Waals surface area contributed by atoms with E-state index in [0.29, 0.717) is 20.9 Å². The van der Waals surface area contributed by atoms with Crippen LogP contribution in [0.1, 0.15) is 5.56 Å². The van der Waals surface area contributed by atoms with Gasteiger partial charge in [0.2, 0.25) is 5.91 Å². The van der Waals surface area contributed by atoms with Gasteiger partial charge in [0.25, 0.3) is 5.56 Å². The topological polar surface area (TPSA) is 64.0 Å². The molecule has 34 heavy (non-hydrogen) atoms. The van der Waals surface area contributed by atoms with Gasteiger partial charge in [-0.05, 0) is 41.3 Å². The van der Waals surface area contributed by atoms with Gasteiger partial charge in [-0.25, -0.2) is 4.98 Å². The third-order valence-corrected chi connectivity index (χ3v) is 6.93. The summed E-state index contributed by atoms with van der Waals surface area (Å²) in [5.41, 5.74) is 5.25. The zero-order chi connectivity index (χ0) is 23.7. The molecular formula is C27H20ClN3O2S. The quantitative estimate of drug-likeness (QED) is 0.313. The van der Waals surface area contributed by atoms with Gasteiger partial charge in [0.15, 0.2) is 0 Å². The number of anilines is 1. The number of halogens is 1. The fourth-order valence-corrected chi connectivity index (χ4v) is 4.88. The molecule has 0 spiro atoms. The Bertz CT molecular complexity index is 1560. The molecule has 0 saturated carbocycles. The second-order valence-corrected chi connectivity index (χ2v) is 9.23. The standard InChI is InChI=1S/C27H20ClN3O2S/c1-17-7-12-21(13-23(17)28)30-24(32)14-31-16-29-26-25(27(31)33)22(15-34-26)20-10-8-19(9-11-20)18-5-3-2-4-6-18/h2-13,15-16H,14H2,1H3,(H,30,32). The molecule has 0 unspecified atom stereocenters. The van der Waals surface area contributed by atoms with E-state index in [1.165, 1.54) is 22.2 Å². The molecule has 7 heteroatoms. The first-order valence-electron chi connectivity index (χ1n) is 10.7. The molecule has 5 aromatic rings. The van der Waals surface area contributed by atoms with Gasteiger partial charge in [0, 0.05) is 21.7 Å². The lowest BCUT2D eigenvalue weighted by Crippen LogP contribution is -2.27. The molecule has 3 aromatic carbocycles. The summed E-state index contributed by atoms with van der Waals surface area (Å²) in [6.07, 6.45) is 1.42. The number of carbonyl (C=O) groups excluding carboxylic acids is 1. The molecule has 0 radical (unpaired) electrons. The van der Waals surface area contributed by atoms with E-state index in [0.717, 1.165) is 27.8 Å². The van der Waals surface area contributed by atoms with E-state index in [9.17, 15) is 9.59 Å². The molecule has 0 fully saturated rings. The number of thiophene rings is 1. The van der Waals surface area contributed by atoms with Crippen LogP contribution in [-0.4, -0.2) is 15.5 Å². The molecule has 1 amide bonds. The van der Waals surface area contributed by atoms with Crippen molar-refractivity contribution in [2.24, 2.45) is 0 Å². The van der Waals surface area contributed by atoms with E-state index < -0.39 is 0 Å². The van der Waals surface area contributed by atoms with Crippen molar-refractivity contribution in [3.8, 4) is 22.3 Å². The van der Waals surface area contributed by atoms with Gasteiger partial charge in [-0.2, -0.15) is 0 Å². The summed E-state index contributed by atoms with van der Waals surface area (Å²) in [6.45, 7) is 1.75. The van der Waals surface area contributed by atoms with Crippen molar-refractivity contribution >= 4 is 44.7 Å². The van der Waals surface area contributed by atoms with Crippen molar-refractivity contribution in [2.45, 2.75) is 13.5 Å². The van der Waals surface area contributed by atoms with Crippen LogP contribution in [0.25, 0.3) is 32.5 Å². The smallest absolute Gasteiger partial charge is 0.263 e. The first kappa shape index (κ1) is 22.1. The Labute approximate surface area is 205 Å². The average Bonchev–Trinajstić information content (AvgIpc) is 3.29. The number of hydrogen-bond donors (Lipinski definition) is 1. The minimum Gasteiger partial charge on any atom is -0.324 e. The molecule has 0 bridgehead atoms. The molecule has 2 heterocycles. The molecule has 0 aliphatic carbocycles. The van der Waals surface area contributed by atoms with Gasteiger partial charge in [-0.15, -0.1) is 11.3 Å². The summed E-state index contributed by atoms with van der Waals surface area (Å²) in [6, 6.07) is 23.5. The number of nitrogens with one attached hydrogen (secondary N) is 1. The minimum absolute atomic E-state index is 0.143. The Kier molecular flexibility index (Phi) is 6.01. The second kappa shape index (κ2) is 9.25. The van der Waals surface area contributed by atoms with Gasteiger partial charge in [0.05, 0.1) is 11.7 Å². The van der Waals surface area contributed by atoms with Crippen molar-refractivity contribution in [1.82, 2.24) is 9.55 Å². The third-order valence-electron chi connectivity index (χ3n) is 5.63. The molecule has 0 aliphatic heterocycles. The lowest BCUT2D eigenvalue weighted by Gasteiger charge is -2.09. The van der Waals surface area contributed by atoms with E-state index in [1.807, 2.05) is 60.8 Å². The van der Waals surface area contributed by atoms with Crippen LogP contribution in [0.15, 0.2) is 89.3 Å². The Morgan fingerprint density at radius 3 is 2.44 bits per heavy atom. The molecular weight excluding hydrogens is 466 g/mol. The first-order valence-corrected chi connectivity index (χ1v) is 11.9.